The van der Waals surface area contributed by atoms with Crippen molar-refractivity contribution in [3.63, 3.8) is 0 Å². The van der Waals surface area contributed by atoms with E-state index in [2.05, 4.69) is 367 Å². The van der Waals surface area contributed by atoms with E-state index in [1.807, 2.05) is 0 Å². The molecular formula is C95H72N2. The summed E-state index contributed by atoms with van der Waals surface area (Å²) < 4.78 is 2.58. The molecule has 0 saturated carbocycles. The van der Waals surface area contributed by atoms with Gasteiger partial charge in [0.25, 0.3) is 0 Å². The van der Waals surface area contributed by atoms with Crippen molar-refractivity contribution < 1.29 is 0 Å². The van der Waals surface area contributed by atoms with Gasteiger partial charge in [-0.05, 0) is 192 Å². The lowest BCUT2D eigenvalue weighted by Gasteiger charge is -2.40. The Balaban J connectivity index is 0.766. The van der Waals surface area contributed by atoms with E-state index in [-0.39, 0.29) is 17.8 Å². The summed E-state index contributed by atoms with van der Waals surface area (Å²) in [6.45, 7) is 0. The smallest absolute Gasteiger partial charge is 0.0754 e. The van der Waals surface area contributed by atoms with Gasteiger partial charge < -0.3 is 9.47 Å². The van der Waals surface area contributed by atoms with E-state index in [0.29, 0.717) is 0 Å². The first kappa shape index (κ1) is 58.0. The maximum Gasteiger partial charge on any atom is 0.0754 e. The van der Waals surface area contributed by atoms with E-state index in [1.165, 1.54) is 132 Å². The van der Waals surface area contributed by atoms with Crippen molar-refractivity contribution in [3.8, 4) is 16.8 Å². The lowest BCUT2D eigenvalue weighted by Crippen LogP contribution is -2.33. The van der Waals surface area contributed by atoms with Crippen LogP contribution < -0.4 is 4.90 Å². The molecule has 2 nitrogen and oxygen atoms in total. The van der Waals surface area contributed by atoms with Crippen LogP contribution in [-0.4, -0.2) is 4.57 Å². The van der Waals surface area contributed by atoms with Crippen molar-refractivity contribution in [2.75, 3.05) is 4.90 Å². The Bertz CT molecular complexity index is 5510. The van der Waals surface area contributed by atoms with Gasteiger partial charge in [0.15, 0.2) is 0 Å². The average molecular weight is 1240 g/mol. The molecule has 1 spiro atoms. The molecule has 16 aromatic rings. The van der Waals surface area contributed by atoms with Crippen molar-refractivity contribution in [2.24, 2.45) is 0 Å². The molecule has 15 aromatic carbocycles. The van der Waals surface area contributed by atoms with E-state index in [0.717, 1.165) is 49.2 Å². The number of benzene rings is 15. The first-order valence-electron chi connectivity index (χ1n) is 34.6. The maximum absolute atomic E-state index is 2.64. The molecule has 18 rings (SSSR count). The fourth-order valence-electron chi connectivity index (χ4n) is 17.1. The van der Waals surface area contributed by atoms with Gasteiger partial charge in [-0.25, -0.2) is 0 Å². The Kier molecular flexibility index (Phi) is 14.7. The topological polar surface area (TPSA) is 8.17 Å². The van der Waals surface area contributed by atoms with E-state index in [1.54, 1.807) is 0 Å². The van der Waals surface area contributed by atoms with E-state index < -0.39 is 5.41 Å². The van der Waals surface area contributed by atoms with E-state index in [4.69, 9.17) is 0 Å². The highest BCUT2D eigenvalue weighted by Gasteiger charge is 2.51. The Hall–Kier alpha value is -11.6. The molecule has 2 aliphatic rings. The molecule has 1 aliphatic carbocycles. The van der Waals surface area contributed by atoms with Crippen molar-refractivity contribution in [1.29, 1.82) is 0 Å². The average Bonchev–Trinajstić information content (AvgIpc) is 1.52. The molecule has 0 saturated heterocycles. The molecule has 0 amide bonds. The van der Waals surface area contributed by atoms with Crippen molar-refractivity contribution >= 4 is 60.4 Å². The Labute approximate surface area is 568 Å². The second-order valence-electron chi connectivity index (χ2n) is 26.9. The third-order valence-corrected chi connectivity index (χ3v) is 21.5. The van der Waals surface area contributed by atoms with Gasteiger partial charge in [0.2, 0.25) is 0 Å². The minimum Gasteiger partial charge on any atom is -0.311 e. The molecule has 0 fully saturated rings. The van der Waals surface area contributed by atoms with Crippen molar-refractivity contribution in [3.05, 3.63) is 430 Å². The predicted octanol–water partition coefficient (Wildman–Crippen LogP) is 23.9. The van der Waals surface area contributed by atoms with Gasteiger partial charge in [-0.3, -0.25) is 0 Å². The highest BCUT2D eigenvalue weighted by Crippen LogP contribution is 2.62. The summed E-state index contributed by atoms with van der Waals surface area (Å²) >= 11 is 0. The van der Waals surface area contributed by atoms with Crippen LogP contribution >= 0.6 is 0 Å². The minimum absolute atomic E-state index is 0.149. The Morgan fingerprint density at radius 2 is 0.814 bits per heavy atom. The normalized spacial score (nSPS) is 14.5. The lowest BCUT2D eigenvalue weighted by molar-refractivity contribution is 0.679. The van der Waals surface area contributed by atoms with Crippen LogP contribution in [0.1, 0.15) is 96.5 Å². The first-order chi connectivity index (χ1) is 48.1. The van der Waals surface area contributed by atoms with Crippen LogP contribution in [0.4, 0.5) is 17.1 Å². The third kappa shape index (κ3) is 10.2. The molecule has 2 heterocycles. The molecule has 97 heavy (non-hydrogen) atoms. The molecule has 2 heteroatoms. The summed E-state index contributed by atoms with van der Waals surface area (Å²) in [6.07, 6.45) is 4.53. The van der Waals surface area contributed by atoms with Crippen LogP contribution in [0.2, 0.25) is 0 Å². The standard InChI is InChI=1S/C95H72N2/c1-5-24-65(25-6-1)61-87(71-26-7-2-8-27-71)73-51-49-72(50-52-73)81(82-40-22-31-70-29-14-16-38-80(70)82)57-46-66-47-58-83-84-59-48-67(63-91(84)95(90(83)62-66)88-42-18-20-45-93(88)97-92-44-19-17-39-85(92)86-41-23-43-89(95)94(86)97)60-75(64-74-32-21-30-69-28-13-15-37-79(69)74)68-53-55-78(56-54-68)96(76-33-9-3-10-34-76)77-35-11-4-12-36-77/h1-45,47-56,58-59,62-63,75,81,87H,46,57,60-61,64H2. The second kappa shape index (κ2) is 24.6. The van der Waals surface area contributed by atoms with Crippen molar-refractivity contribution in [2.45, 2.75) is 55.3 Å². The van der Waals surface area contributed by atoms with E-state index >= 15 is 0 Å². The summed E-state index contributed by atoms with van der Waals surface area (Å²) in [6, 6.07) is 135. The summed E-state index contributed by atoms with van der Waals surface area (Å²) in [4.78, 5) is 2.37. The second-order valence-corrected chi connectivity index (χ2v) is 26.9. The SMILES string of the molecule is c1ccc(CC(c2ccccc2)c2ccc(C(CCc3ccc4c(c3)C3(c5cc(CC(Cc6cccc7ccccc67)c6ccc(N(c7ccccc7)c7ccccc7)cc6)ccc5-4)c4ccccc4-n4c5ccccc5c5cccc3c54)c3cccc4ccccc34)cc2)cc1. The molecule has 4 atom stereocenters. The largest absolute Gasteiger partial charge is 0.311 e. The van der Waals surface area contributed by atoms with Crippen LogP contribution in [0.25, 0.3) is 60.2 Å². The third-order valence-electron chi connectivity index (χ3n) is 21.5. The number of fused-ring (bicyclic) bond motifs is 14. The summed E-state index contributed by atoms with van der Waals surface area (Å²) in [5.74, 6) is 0.549. The highest BCUT2D eigenvalue weighted by atomic mass is 15.1. The van der Waals surface area contributed by atoms with Gasteiger partial charge in [0.05, 0.1) is 22.1 Å². The van der Waals surface area contributed by atoms with Crippen LogP contribution in [0, 0.1) is 0 Å². The quantitative estimate of drug-likeness (QED) is 0.0882. The summed E-state index contributed by atoms with van der Waals surface area (Å²) in [7, 11) is 0. The van der Waals surface area contributed by atoms with Gasteiger partial charge in [-0.2, -0.15) is 0 Å². The fraction of sp³-hybridized carbons (Fsp3) is 0.0947. The van der Waals surface area contributed by atoms with Crippen molar-refractivity contribution in [1.82, 2.24) is 4.57 Å². The minimum atomic E-state index is -0.623. The molecule has 4 unspecified atom stereocenters. The zero-order valence-electron chi connectivity index (χ0n) is 54.2. The Morgan fingerprint density at radius 3 is 1.54 bits per heavy atom. The summed E-state index contributed by atoms with van der Waals surface area (Å²) in [5.41, 5.74) is 26.7. The monoisotopic (exact) mass is 1240 g/mol. The molecule has 0 radical (unpaired) electrons. The highest BCUT2D eigenvalue weighted by molar-refractivity contribution is 6.13. The first-order valence-corrected chi connectivity index (χ1v) is 34.6. The molecule has 1 aromatic heterocycles. The number of aryl methyl sites for hydroxylation is 1. The fourth-order valence-corrected chi connectivity index (χ4v) is 17.1. The van der Waals surface area contributed by atoms with E-state index in [9.17, 15) is 0 Å². The molecule has 1 aliphatic heterocycles. The summed E-state index contributed by atoms with van der Waals surface area (Å²) in [5, 5.41) is 7.77. The van der Waals surface area contributed by atoms with Gasteiger partial charge in [-0.15, -0.1) is 0 Å². The van der Waals surface area contributed by atoms with Gasteiger partial charge in [-0.1, -0.05) is 309 Å². The zero-order valence-corrected chi connectivity index (χ0v) is 54.2. The number of rotatable bonds is 17. The number of hydrogen-bond donors (Lipinski definition) is 0. The zero-order chi connectivity index (χ0) is 64.2. The van der Waals surface area contributed by atoms with Gasteiger partial charge in [0, 0.05) is 39.7 Å². The predicted molar refractivity (Wildman–Crippen MR) is 406 cm³/mol. The molecule has 0 N–H and O–H groups in total. The molecule has 0 bridgehead atoms. The Morgan fingerprint density at radius 1 is 0.309 bits per heavy atom. The van der Waals surface area contributed by atoms with Crippen LogP contribution in [0.15, 0.2) is 358 Å². The van der Waals surface area contributed by atoms with Gasteiger partial charge in [0.1, 0.15) is 0 Å². The number of nitrogens with zero attached hydrogens (tertiary/aromatic N) is 2. The van der Waals surface area contributed by atoms with Crippen LogP contribution in [-0.2, 0) is 31.1 Å². The maximum atomic E-state index is 2.64. The van der Waals surface area contributed by atoms with Gasteiger partial charge >= 0.3 is 0 Å². The van der Waals surface area contributed by atoms with Crippen LogP contribution in [0.5, 0.6) is 0 Å². The molecule has 462 valence electrons. The molecular weight excluding hydrogens is 1170 g/mol. The number of anilines is 3. The van der Waals surface area contributed by atoms with Crippen LogP contribution in [0.3, 0.4) is 0 Å². The number of hydrogen-bond acceptors (Lipinski definition) is 1. The lowest BCUT2D eigenvalue weighted by atomic mass is 9.65. The number of aromatic nitrogens is 1. The number of para-hydroxylation sites is 5.